The van der Waals surface area contributed by atoms with Crippen LogP contribution in [0.15, 0.2) is 66.7 Å². The highest BCUT2D eigenvalue weighted by Crippen LogP contribution is 2.18. The summed E-state index contributed by atoms with van der Waals surface area (Å²) >= 11 is 0. The van der Waals surface area contributed by atoms with Crippen LogP contribution in [0.1, 0.15) is 11.1 Å². The Morgan fingerprint density at radius 1 is 0.875 bits per heavy atom. The van der Waals surface area contributed by atoms with E-state index < -0.39 is 0 Å². The second-order valence-electron chi connectivity index (χ2n) is 3.76. The summed E-state index contributed by atoms with van der Waals surface area (Å²) < 4.78 is 0. The molecule has 0 unspecified atom stereocenters. The molecule has 0 heteroatoms. The lowest BCUT2D eigenvalue weighted by Crippen LogP contribution is -1.90. The summed E-state index contributed by atoms with van der Waals surface area (Å²) in [6, 6.07) is 20.9. The molecule has 0 N–H and O–H groups in total. The van der Waals surface area contributed by atoms with Gasteiger partial charge in [-0.25, -0.2) is 0 Å². The summed E-state index contributed by atoms with van der Waals surface area (Å²) in [7, 11) is 0. The van der Waals surface area contributed by atoms with Crippen LogP contribution in [0.3, 0.4) is 0 Å². The fourth-order valence-electron chi connectivity index (χ4n) is 1.76. The highest BCUT2D eigenvalue weighted by atomic mass is 14.1. The van der Waals surface area contributed by atoms with E-state index in [1.807, 2.05) is 18.2 Å². The lowest BCUT2D eigenvalue weighted by molar-refractivity contribution is 1.28. The van der Waals surface area contributed by atoms with E-state index in [0.29, 0.717) is 0 Å². The average molecular weight is 207 g/mol. The zero-order chi connectivity index (χ0) is 11.2. The van der Waals surface area contributed by atoms with Gasteiger partial charge >= 0.3 is 0 Å². The van der Waals surface area contributed by atoms with Crippen LogP contribution in [-0.4, -0.2) is 0 Å². The van der Waals surface area contributed by atoms with Crippen LogP contribution >= 0.6 is 0 Å². The van der Waals surface area contributed by atoms with E-state index in [4.69, 9.17) is 0 Å². The van der Waals surface area contributed by atoms with Gasteiger partial charge in [0.25, 0.3) is 0 Å². The molecule has 1 radical (unpaired) electrons. The van der Waals surface area contributed by atoms with Crippen molar-refractivity contribution in [2.75, 3.05) is 0 Å². The van der Waals surface area contributed by atoms with Crippen molar-refractivity contribution in [3.63, 3.8) is 0 Å². The quantitative estimate of drug-likeness (QED) is 0.709. The Morgan fingerprint density at radius 2 is 1.44 bits per heavy atom. The monoisotopic (exact) mass is 207 g/mol. The number of rotatable bonds is 3. The number of hydrogen-bond donors (Lipinski definition) is 0. The predicted octanol–water partition coefficient (Wildman–Crippen LogP) is 4.15. The Morgan fingerprint density at radius 3 is 2.00 bits per heavy atom. The molecule has 0 bridgehead atoms. The maximum Gasteiger partial charge on any atom is -0.00230 e. The van der Waals surface area contributed by atoms with E-state index in [9.17, 15) is 0 Å². The van der Waals surface area contributed by atoms with Gasteiger partial charge in [0.2, 0.25) is 0 Å². The second-order valence-corrected chi connectivity index (χ2v) is 3.76. The molecule has 0 aromatic heterocycles. The zero-order valence-electron chi connectivity index (χ0n) is 9.27. The van der Waals surface area contributed by atoms with E-state index in [1.54, 1.807) is 0 Å². The normalized spacial score (nSPS) is 11.4. The third kappa shape index (κ3) is 2.60. The van der Waals surface area contributed by atoms with Gasteiger partial charge in [0.05, 0.1) is 0 Å². The second kappa shape index (κ2) is 5.32. The average Bonchev–Trinajstić information content (AvgIpc) is 2.38. The Kier molecular flexibility index (Phi) is 3.55. The lowest BCUT2D eigenvalue weighted by atomic mass is 9.98. The molecule has 0 fully saturated rings. The van der Waals surface area contributed by atoms with Crippen molar-refractivity contribution >= 4 is 5.57 Å². The summed E-state index contributed by atoms with van der Waals surface area (Å²) in [4.78, 5) is 0. The molecule has 2 aromatic rings. The van der Waals surface area contributed by atoms with Crippen molar-refractivity contribution in [1.82, 2.24) is 0 Å². The molecule has 16 heavy (non-hydrogen) atoms. The van der Waals surface area contributed by atoms with Gasteiger partial charge in [-0.3, -0.25) is 0 Å². The van der Waals surface area contributed by atoms with Crippen molar-refractivity contribution in [2.24, 2.45) is 0 Å². The van der Waals surface area contributed by atoms with E-state index in [-0.39, 0.29) is 0 Å². The zero-order valence-corrected chi connectivity index (χ0v) is 9.27. The third-order valence-electron chi connectivity index (χ3n) is 2.63. The molecule has 0 saturated carbocycles. The van der Waals surface area contributed by atoms with Crippen LogP contribution in [0.4, 0.5) is 0 Å². The molecular formula is C16H15. The van der Waals surface area contributed by atoms with Gasteiger partial charge in [-0.05, 0) is 30.0 Å². The molecular weight excluding hydrogens is 192 g/mol. The molecule has 0 atom stereocenters. The first-order valence-electron chi connectivity index (χ1n) is 5.48. The maximum absolute atomic E-state index is 3.90. The van der Waals surface area contributed by atoms with Crippen molar-refractivity contribution in [1.29, 1.82) is 0 Å². The Labute approximate surface area is 97.3 Å². The van der Waals surface area contributed by atoms with Crippen LogP contribution < -0.4 is 0 Å². The molecule has 0 heterocycles. The molecule has 0 spiro atoms. The van der Waals surface area contributed by atoms with E-state index in [2.05, 4.69) is 55.5 Å². The van der Waals surface area contributed by atoms with Crippen LogP contribution in [0, 0.1) is 6.92 Å². The first kappa shape index (κ1) is 10.7. The molecule has 2 aromatic carbocycles. The van der Waals surface area contributed by atoms with Crippen molar-refractivity contribution in [2.45, 2.75) is 6.42 Å². The van der Waals surface area contributed by atoms with Gasteiger partial charge < -0.3 is 0 Å². The Balaban J connectivity index is 2.20. The van der Waals surface area contributed by atoms with E-state index >= 15 is 0 Å². The summed E-state index contributed by atoms with van der Waals surface area (Å²) in [5.41, 5.74) is 3.84. The minimum atomic E-state index is 0.939. The van der Waals surface area contributed by atoms with Crippen molar-refractivity contribution < 1.29 is 0 Å². The summed E-state index contributed by atoms with van der Waals surface area (Å²) in [5, 5.41) is 0. The topological polar surface area (TPSA) is 0 Å². The molecule has 0 aliphatic rings. The van der Waals surface area contributed by atoms with Crippen LogP contribution in [0.2, 0.25) is 0 Å². The minimum absolute atomic E-state index is 0.939. The van der Waals surface area contributed by atoms with Gasteiger partial charge in [0, 0.05) is 0 Å². The number of hydrogen-bond acceptors (Lipinski definition) is 0. The Hall–Kier alpha value is -1.82. The van der Waals surface area contributed by atoms with Crippen LogP contribution in [-0.2, 0) is 6.42 Å². The van der Waals surface area contributed by atoms with Gasteiger partial charge in [-0.2, -0.15) is 0 Å². The Bertz CT molecular complexity index is 452. The van der Waals surface area contributed by atoms with Crippen LogP contribution in [0.25, 0.3) is 5.57 Å². The summed E-state index contributed by atoms with van der Waals surface area (Å²) in [6.07, 6.45) is 2.89. The minimum Gasteiger partial charge on any atom is -0.0801 e. The number of allylic oxidation sites excluding steroid dienone is 2. The van der Waals surface area contributed by atoms with Crippen molar-refractivity contribution in [3.05, 3.63) is 84.8 Å². The molecule has 0 saturated heterocycles. The molecule has 0 nitrogen and oxygen atoms in total. The van der Waals surface area contributed by atoms with E-state index in [1.165, 1.54) is 16.7 Å². The third-order valence-corrected chi connectivity index (χ3v) is 2.63. The van der Waals surface area contributed by atoms with Gasteiger partial charge in [0.1, 0.15) is 0 Å². The SMILES string of the molecule is [CH2]/C=C(/Cc1ccccc1)c1ccccc1. The molecule has 79 valence electrons. The largest absolute Gasteiger partial charge is 0.0801 e. The highest BCUT2D eigenvalue weighted by molar-refractivity contribution is 5.68. The maximum atomic E-state index is 3.90. The molecule has 0 amide bonds. The fourth-order valence-corrected chi connectivity index (χ4v) is 1.76. The van der Waals surface area contributed by atoms with Crippen molar-refractivity contribution in [3.8, 4) is 0 Å². The van der Waals surface area contributed by atoms with Gasteiger partial charge in [-0.1, -0.05) is 66.7 Å². The fraction of sp³-hybridized carbons (Fsp3) is 0.0625. The summed E-state index contributed by atoms with van der Waals surface area (Å²) in [6.45, 7) is 3.90. The predicted molar refractivity (Wildman–Crippen MR) is 69.9 cm³/mol. The van der Waals surface area contributed by atoms with E-state index in [0.717, 1.165) is 6.42 Å². The number of benzene rings is 2. The smallest absolute Gasteiger partial charge is 0.00230 e. The van der Waals surface area contributed by atoms with Crippen LogP contribution in [0.5, 0.6) is 0 Å². The highest BCUT2D eigenvalue weighted by Gasteiger charge is 2.00. The lowest BCUT2D eigenvalue weighted by Gasteiger charge is -2.07. The summed E-state index contributed by atoms with van der Waals surface area (Å²) in [5.74, 6) is 0. The van der Waals surface area contributed by atoms with Gasteiger partial charge in [0.15, 0.2) is 0 Å². The molecule has 0 aliphatic carbocycles. The first-order valence-corrected chi connectivity index (χ1v) is 5.48. The molecule has 0 aliphatic heterocycles. The standard InChI is InChI=1S/C16H15/c1-2-15(16-11-7-4-8-12-16)13-14-9-5-3-6-10-14/h2-12H,1,13H2/b15-2-. The molecule has 2 rings (SSSR count). The first-order chi connectivity index (χ1) is 7.90. The van der Waals surface area contributed by atoms with Gasteiger partial charge in [-0.15, -0.1) is 0 Å².